The van der Waals surface area contributed by atoms with Crippen LogP contribution in [-0.4, -0.2) is 46.8 Å². The third-order valence-electron chi connectivity index (χ3n) is 9.56. The first-order valence-corrected chi connectivity index (χ1v) is 16.2. The van der Waals surface area contributed by atoms with E-state index in [0.29, 0.717) is 24.6 Å². The van der Waals surface area contributed by atoms with Gasteiger partial charge in [0.05, 0.1) is 12.1 Å². The van der Waals surface area contributed by atoms with E-state index in [1.807, 2.05) is 25.1 Å². The number of rotatable bonds is 12. The lowest BCUT2D eigenvalue weighted by atomic mass is 9.85. The maximum Gasteiger partial charge on any atom is 0.264 e. The summed E-state index contributed by atoms with van der Waals surface area (Å²) in [7, 11) is 0. The van der Waals surface area contributed by atoms with Gasteiger partial charge >= 0.3 is 0 Å². The van der Waals surface area contributed by atoms with Gasteiger partial charge in [0.25, 0.3) is 6.43 Å². The third-order valence-corrected chi connectivity index (χ3v) is 9.56. The van der Waals surface area contributed by atoms with Crippen LogP contribution in [0, 0.1) is 5.92 Å². The Labute approximate surface area is 255 Å². The van der Waals surface area contributed by atoms with E-state index in [0.717, 1.165) is 85.5 Å². The second kappa shape index (κ2) is 13.9. The van der Waals surface area contributed by atoms with Crippen molar-refractivity contribution in [3.63, 3.8) is 0 Å². The summed E-state index contributed by atoms with van der Waals surface area (Å²) in [6.45, 7) is 12.4. The van der Waals surface area contributed by atoms with E-state index in [2.05, 4.69) is 52.5 Å². The lowest BCUT2D eigenvalue weighted by Gasteiger charge is -2.32. The number of aryl methyl sites for hydroxylation is 1. The predicted molar refractivity (Wildman–Crippen MR) is 171 cm³/mol. The highest BCUT2D eigenvalue weighted by atomic mass is 19.3. The molecule has 5 rings (SSSR count). The summed E-state index contributed by atoms with van der Waals surface area (Å²) in [5.41, 5.74) is 5.87. The van der Waals surface area contributed by atoms with Crippen LogP contribution >= 0.6 is 0 Å². The minimum Gasteiger partial charge on any atom is -0.370 e. The molecule has 0 radical (unpaired) electrons. The Kier molecular flexibility index (Phi) is 10.0. The van der Waals surface area contributed by atoms with Crippen molar-refractivity contribution in [1.29, 1.82) is 0 Å². The molecule has 2 atom stereocenters. The second-order valence-electron chi connectivity index (χ2n) is 12.0. The zero-order valence-corrected chi connectivity index (χ0v) is 26.0. The van der Waals surface area contributed by atoms with Crippen LogP contribution in [0.3, 0.4) is 0 Å². The van der Waals surface area contributed by atoms with E-state index in [9.17, 15) is 13.6 Å². The van der Waals surface area contributed by atoms with Gasteiger partial charge in [0.1, 0.15) is 0 Å². The first kappa shape index (κ1) is 31.0. The zero-order chi connectivity index (χ0) is 30.5. The fourth-order valence-electron chi connectivity index (χ4n) is 7.50. The van der Waals surface area contributed by atoms with Gasteiger partial charge in [-0.05, 0) is 74.8 Å². The highest BCUT2D eigenvalue weighted by Crippen LogP contribution is 2.45. The van der Waals surface area contributed by atoms with Crippen molar-refractivity contribution in [2.45, 2.75) is 97.1 Å². The molecule has 1 amide bonds. The standard InChI is InChI=1S/C35H47F2N5O/c1-5-13-31-26(6-2)30(22-40(31)8-4)28-20-24-14-12-19-41(33(24)21-29(28)34(36)37)35-27(7-3)32(17-18-38-23-43)42(39-35)25-15-10-9-11-16-25/h5-6,13,20-23,25-26,31,34H,2,7-12,14-19H2,1,3-4H3,(H,38,43)/b13-5-. The number of carbonyl (C=O) groups is 1. The zero-order valence-electron chi connectivity index (χ0n) is 26.0. The van der Waals surface area contributed by atoms with E-state index in [1.165, 1.54) is 19.3 Å². The highest BCUT2D eigenvalue weighted by molar-refractivity contribution is 5.79. The largest absolute Gasteiger partial charge is 0.370 e. The number of nitrogens with one attached hydrogen (secondary N) is 1. The molecule has 1 N–H and O–H groups in total. The fraction of sp³-hybridized carbons (Fsp3) is 0.543. The number of amides is 1. The lowest BCUT2D eigenvalue weighted by Crippen LogP contribution is -2.29. The number of hydrogen-bond donors (Lipinski definition) is 1. The molecular formula is C35H47F2N5O. The molecule has 0 saturated heterocycles. The van der Waals surface area contributed by atoms with Crippen molar-refractivity contribution < 1.29 is 13.6 Å². The van der Waals surface area contributed by atoms with Crippen molar-refractivity contribution in [2.75, 3.05) is 24.5 Å². The van der Waals surface area contributed by atoms with Gasteiger partial charge in [0, 0.05) is 60.7 Å². The van der Waals surface area contributed by atoms with Gasteiger partial charge in [-0.25, -0.2) is 8.78 Å². The van der Waals surface area contributed by atoms with Crippen LogP contribution in [0.15, 0.2) is 43.1 Å². The monoisotopic (exact) mass is 591 g/mol. The molecule has 1 aromatic carbocycles. The molecule has 2 unspecified atom stereocenters. The number of hydrogen-bond acceptors (Lipinski definition) is 4. The molecule has 8 heteroatoms. The Morgan fingerprint density at radius 1 is 1.16 bits per heavy atom. The molecule has 3 heterocycles. The van der Waals surface area contributed by atoms with Gasteiger partial charge in [-0.15, -0.1) is 6.58 Å². The molecule has 0 bridgehead atoms. The quantitative estimate of drug-likeness (QED) is 0.156. The Bertz CT molecular complexity index is 1360. The number of carbonyl (C=O) groups excluding carboxylic acids is 1. The molecule has 1 aliphatic carbocycles. The minimum absolute atomic E-state index is 0.0631. The van der Waals surface area contributed by atoms with Crippen LogP contribution < -0.4 is 10.2 Å². The van der Waals surface area contributed by atoms with Crippen molar-refractivity contribution in [1.82, 2.24) is 20.0 Å². The first-order valence-electron chi connectivity index (χ1n) is 16.2. The van der Waals surface area contributed by atoms with Crippen LogP contribution in [0.1, 0.15) is 99.7 Å². The van der Waals surface area contributed by atoms with E-state index < -0.39 is 6.43 Å². The Balaban J connectivity index is 1.61. The topological polar surface area (TPSA) is 53.4 Å². The molecule has 1 fully saturated rings. The van der Waals surface area contributed by atoms with Crippen molar-refractivity contribution in [2.24, 2.45) is 5.92 Å². The van der Waals surface area contributed by atoms with Crippen LogP contribution in [0.2, 0.25) is 0 Å². The van der Waals surface area contributed by atoms with Gasteiger partial charge in [0.15, 0.2) is 5.82 Å². The van der Waals surface area contributed by atoms with Gasteiger partial charge in [0.2, 0.25) is 6.41 Å². The SMILES string of the molecule is C=CC1C(c2cc3c(cc2C(F)F)N(c2nn(C4CCCCC4)c(CCNC=O)c2CC)CCC3)=CN(CC)C1/C=C\C. The molecule has 232 valence electrons. The van der Waals surface area contributed by atoms with Crippen molar-refractivity contribution >= 4 is 23.5 Å². The van der Waals surface area contributed by atoms with Crippen LogP contribution in [0.5, 0.6) is 0 Å². The number of alkyl halides is 2. The van der Waals surface area contributed by atoms with E-state index in [4.69, 9.17) is 5.10 Å². The molecular weight excluding hydrogens is 544 g/mol. The molecule has 2 aliphatic heterocycles. The summed E-state index contributed by atoms with van der Waals surface area (Å²) in [6, 6.07) is 4.17. The molecule has 6 nitrogen and oxygen atoms in total. The smallest absolute Gasteiger partial charge is 0.264 e. The Hall–Kier alpha value is -3.42. The van der Waals surface area contributed by atoms with Crippen molar-refractivity contribution in [3.05, 3.63) is 71.1 Å². The Morgan fingerprint density at radius 2 is 1.95 bits per heavy atom. The number of benzene rings is 1. The summed E-state index contributed by atoms with van der Waals surface area (Å²) in [6.07, 6.45) is 15.3. The predicted octanol–water partition coefficient (Wildman–Crippen LogP) is 7.68. The van der Waals surface area contributed by atoms with Gasteiger partial charge < -0.3 is 15.1 Å². The van der Waals surface area contributed by atoms with Gasteiger partial charge in [-0.3, -0.25) is 9.48 Å². The summed E-state index contributed by atoms with van der Waals surface area (Å²) >= 11 is 0. The number of nitrogens with zero attached hydrogens (tertiary/aromatic N) is 4. The lowest BCUT2D eigenvalue weighted by molar-refractivity contribution is -0.109. The van der Waals surface area contributed by atoms with Crippen LogP contribution in [-0.2, 0) is 24.1 Å². The minimum atomic E-state index is -2.61. The number of anilines is 2. The third kappa shape index (κ3) is 6.02. The number of halogens is 2. The Morgan fingerprint density at radius 3 is 2.60 bits per heavy atom. The highest BCUT2D eigenvalue weighted by Gasteiger charge is 2.35. The van der Waals surface area contributed by atoms with E-state index in [-0.39, 0.29) is 17.5 Å². The number of aromatic nitrogens is 2. The molecule has 2 aromatic rings. The van der Waals surface area contributed by atoms with E-state index >= 15 is 0 Å². The normalized spacial score (nSPS) is 21.0. The van der Waals surface area contributed by atoms with Crippen LogP contribution in [0.25, 0.3) is 5.57 Å². The summed E-state index contributed by atoms with van der Waals surface area (Å²) in [4.78, 5) is 15.5. The van der Waals surface area contributed by atoms with Crippen LogP contribution in [0.4, 0.5) is 20.3 Å². The number of fused-ring (bicyclic) bond motifs is 1. The summed E-state index contributed by atoms with van der Waals surface area (Å²) in [5, 5.41) is 8.08. The summed E-state index contributed by atoms with van der Waals surface area (Å²) in [5.74, 6) is 0.823. The molecule has 1 saturated carbocycles. The first-order chi connectivity index (χ1) is 21.0. The summed E-state index contributed by atoms with van der Waals surface area (Å²) < 4.78 is 32.0. The number of allylic oxidation sites excluding steroid dienone is 1. The molecule has 43 heavy (non-hydrogen) atoms. The van der Waals surface area contributed by atoms with Gasteiger partial charge in [-0.1, -0.05) is 44.4 Å². The van der Waals surface area contributed by atoms with Gasteiger partial charge in [-0.2, -0.15) is 5.10 Å². The van der Waals surface area contributed by atoms with Crippen molar-refractivity contribution in [3.8, 4) is 0 Å². The molecule has 1 aromatic heterocycles. The second-order valence-corrected chi connectivity index (χ2v) is 12.0. The average Bonchev–Trinajstić information content (AvgIpc) is 3.58. The fourth-order valence-corrected chi connectivity index (χ4v) is 7.50. The molecule has 3 aliphatic rings. The number of likely N-dealkylation sites (N-methyl/N-ethyl adjacent to an activating group) is 1. The molecule has 0 spiro atoms. The maximum atomic E-state index is 14.9. The van der Waals surface area contributed by atoms with E-state index in [1.54, 1.807) is 6.07 Å². The maximum absolute atomic E-state index is 14.9. The average molecular weight is 592 g/mol.